The highest BCUT2D eigenvalue weighted by atomic mass is 19.1. The molecule has 3 aromatic rings. The predicted octanol–water partition coefficient (Wildman–Crippen LogP) is 5.18. The fourth-order valence-corrected chi connectivity index (χ4v) is 2.82. The Morgan fingerprint density at radius 2 is 1.59 bits per heavy atom. The highest BCUT2D eigenvalue weighted by Crippen LogP contribution is 2.11. The van der Waals surface area contributed by atoms with Gasteiger partial charge in [0.05, 0.1) is 0 Å². The molecule has 0 aliphatic carbocycles. The molecule has 3 rings (SSSR count). The van der Waals surface area contributed by atoms with Gasteiger partial charge < -0.3 is 5.32 Å². The molecule has 0 aliphatic heterocycles. The third kappa shape index (κ3) is 6.28. The van der Waals surface area contributed by atoms with Crippen LogP contribution in [0.2, 0.25) is 0 Å². The standard InChI is InChI=1S/C24H24FN3O/c1-2-22(16-18-6-4-3-5-7-18)27-28-24(29)20-10-8-19(9-11-20)17-26-23-14-12-21(25)13-15-23/h3-15,26H,2,16-17H2,1H3,(H,28,29). The van der Waals surface area contributed by atoms with E-state index in [2.05, 4.69) is 15.8 Å². The number of carbonyl (C=O) groups is 1. The first kappa shape index (κ1) is 20.3. The molecule has 1 amide bonds. The summed E-state index contributed by atoms with van der Waals surface area (Å²) in [4.78, 5) is 12.4. The van der Waals surface area contributed by atoms with Crippen LogP contribution in [0.15, 0.2) is 84.0 Å². The smallest absolute Gasteiger partial charge is 0.271 e. The van der Waals surface area contributed by atoms with E-state index in [1.165, 1.54) is 17.7 Å². The van der Waals surface area contributed by atoms with Gasteiger partial charge in [-0.05, 0) is 53.9 Å². The van der Waals surface area contributed by atoms with Crippen molar-refractivity contribution in [3.05, 3.63) is 101 Å². The van der Waals surface area contributed by atoms with Crippen molar-refractivity contribution < 1.29 is 9.18 Å². The molecule has 0 atom stereocenters. The summed E-state index contributed by atoms with van der Waals surface area (Å²) in [5.74, 6) is -0.495. The molecule has 0 aromatic heterocycles. The lowest BCUT2D eigenvalue weighted by molar-refractivity contribution is 0.0954. The van der Waals surface area contributed by atoms with Gasteiger partial charge in [-0.25, -0.2) is 9.82 Å². The number of benzene rings is 3. The second-order valence-electron chi connectivity index (χ2n) is 6.69. The molecular formula is C24H24FN3O. The zero-order chi connectivity index (χ0) is 20.5. The highest BCUT2D eigenvalue weighted by Gasteiger charge is 2.06. The molecule has 0 bridgehead atoms. The second kappa shape index (κ2) is 10.2. The maximum Gasteiger partial charge on any atom is 0.271 e. The summed E-state index contributed by atoms with van der Waals surface area (Å²) in [6.07, 6.45) is 1.48. The number of rotatable bonds is 8. The Bertz CT molecular complexity index is 952. The van der Waals surface area contributed by atoms with Crippen molar-refractivity contribution in [1.29, 1.82) is 0 Å². The van der Waals surface area contributed by atoms with Gasteiger partial charge in [-0.15, -0.1) is 0 Å². The monoisotopic (exact) mass is 389 g/mol. The van der Waals surface area contributed by atoms with E-state index in [-0.39, 0.29) is 11.7 Å². The first-order valence-corrected chi connectivity index (χ1v) is 9.62. The van der Waals surface area contributed by atoms with Gasteiger partial charge in [0, 0.05) is 29.9 Å². The zero-order valence-electron chi connectivity index (χ0n) is 16.4. The first-order valence-electron chi connectivity index (χ1n) is 9.62. The quantitative estimate of drug-likeness (QED) is 0.412. The van der Waals surface area contributed by atoms with Crippen molar-refractivity contribution in [3.63, 3.8) is 0 Å². The molecule has 148 valence electrons. The lowest BCUT2D eigenvalue weighted by atomic mass is 10.1. The molecule has 3 aromatic carbocycles. The van der Waals surface area contributed by atoms with Crippen LogP contribution < -0.4 is 10.7 Å². The molecule has 2 N–H and O–H groups in total. The summed E-state index contributed by atoms with van der Waals surface area (Å²) in [7, 11) is 0. The van der Waals surface area contributed by atoms with Crippen LogP contribution in [0.4, 0.5) is 10.1 Å². The lowest BCUT2D eigenvalue weighted by Gasteiger charge is -2.08. The van der Waals surface area contributed by atoms with Crippen LogP contribution in [0.25, 0.3) is 0 Å². The van der Waals surface area contributed by atoms with Gasteiger partial charge in [0.25, 0.3) is 5.91 Å². The van der Waals surface area contributed by atoms with E-state index in [4.69, 9.17) is 0 Å². The van der Waals surface area contributed by atoms with Crippen molar-refractivity contribution in [3.8, 4) is 0 Å². The van der Waals surface area contributed by atoms with E-state index in [0.29, 0.717) is 18.5 Å². The Morgan fingerprint density at radius 1 is 0.897 bits per heavy atom. The summed E-state index contributed by atoms with van der Waals surface area (Å²) in [5.41, 5.74) is 7.15. The summed E-state index contributed by atoms with van der Waals surface area (Å²) in [5, 5.41) is 7.51. The number of carbonyl (C=O) groups excluding carboxylic acids is 1. The highest BCUT2D eigenvalue weighted by molar-refractivity contribution is 5.95. The summed E-state index contributed by atoms with van der Waals surface area (Å²) in [6.45, 7) is 2.61. The molecule has 0 radical (unpaired) electrons. The van der Waals surface area contributed by atoms with Gasteiger partial charge in [-0.3, -0.25) is 4.79 Å². The van der Waals surface area contributed by atoms with E-state index in [9.17, 15) is 9.18 Å². The number of halogens is 1. The molecule has 4 nitrogen and oxygen atoms in total. The van der Waals surface area contributed by atoms with Crippen LogP contribution in [0.5, 0.6) is 0 Å². The van der Waals surface area contributed by atoms with Gasteiger partial charge in [0.1, 0.15) is 5.82 Å². The average Bonchev–Trinajstić information content (AvgIpc) is 2.77. The Hall–Kier alpha value is -3.47. The van der Waals surface area contributed by atoms with Crippen molar-refractivity contribution >= 4 is 17.3 Å². The SMILES string of the molecule is CCC(Cc1ccccc1)=NNC(=O)c1ccc(CNc2ccc(F)cc2)cc1. The third-order valence-corrected chi connectivity index (χ3v) is 4.53. The third-order valence-electron chi connectivity index (χ3n) is 4.53. The van der Waals surface area contributed by atoms with Gasteiger partial charge in [0.15, 0.2) is 0 Å². The van der Waals surface area contributed by atoms with Crippen molar-refractivity contribution in [2.45, 2.75) is 26.3 Å². The van der Waals surface area contributed by atoms with Gasteiger partial charge in [-0.1, -0.05) is 49.4 Å². The van der Waals surface area contributed by atoms with Crippen LogP contribution in [-0.2, 0) is 13.0 Å². The number of hydrazone groups is 1. The van der Waals surface area contributed by atoms with E-state index < -0.39 is 0 Å². The normalized spacial score (nSPS) is 11.2. The van der Waals surface area contributed by atoms with E-state index >= 15 is 0 Å². The predicted molar refractivity (Wildman–Crippen MR) is 116 cm³/mol. The van der Waals surface area contributed by atoms with Crippen molar-refractivity contribution in [1.82, 2.24) is 5.43 Å². The molecule has 0 saturated heterocycles. The second-order valence-corrected chi connectivity index (χ2v) is 6.69. The number of hydrogen-bond donors (Lipinski definition) is 2. The number of amides is 1. The number of anilines is 1. The minimum absolute atomic E-state index is 0.234. The maximum atomic E-state index is 12.9. The van der Waals surface area contributed by atoms with Gasteiger partial charge in [-0.2, -0.15) is 5.10 Å². The Balaban J connectivity index is 1.54. The molecule has 0 fully saturated rings. The van der Waals surface area contributed by atoms with Crippen LogP contribution >= 0.6 is 0 Å². The zero-order valence-corrected chi connectivity index (χ0v) is 16.4. The average molecular weight is 389 g/mol. The molecule has 0 saturated carbocycles. The number of nitrogens with one attached hydrogen (secondary N) is 2. The van der Waals surface area contributed by atoms with Crippen LogP contribution in [0, 0.1) is 5.82 Å². The van der Waals surface area contributed by atoms with E-state index in [0.717, 1.165) is 23.4 Å². The Labute approximate surface area is 170 Å². The maximum absolute atomic E-state index is 12.9. The van der Waals surface area contributed by atoms with E-state index in [1.807, 2.05) is 49.4 Å². The van der Waals surface area contributed by atoms with Crippen molar-refractivity contribution in [2.24, 2.45) is 5.10 Å². The molecule has 29 heavy (non-hydrogen) atoms. The summed E-state index contributed by atoms with van der Waals surface area (Å²) < 4.78 is 12.9. The first-order chi connectivity index (χ1) is 14.1. The number of hydrogen-bond acceptors (Lipinski definition) is 3. The molecule has 0 spiro atoms. The fourth-order valence-electron chi connectivity index (χ4n) is 2.82. The largest absolute Gasteiger partial charge is 0.381 e. The minimum atomic E-state index is -0.261. The lowest BCUT2D eigenvalue weighted by Crippen LogP contribution is -2.20. The van der Waals surface area contributed by atoms with Crippen LogP contribution in [0.3, 0.4) is 0 Å². The summed E-state index contributed by atoms with van der Waals surface area (Å²) in [6, 6.07) is 23.6. The van der Waals surface area contributed by atoms with E-state index in [1.54, 1.807) is 24.3 Å². The van der Waals surface area contributed by atoms with Crippen molar-refractivity contribution in [2.75, 3.05) is 5.32 Å². The molecular weight excluding hydrogens is 365 g/mol. The van der Waals surface area contributed by atoms with Gasteiger partial charge in [0.2, 0.25) is 0 Å². The molecule has 0 unspecified atom stereocenters. The van der Waals surface area contributed by atoms with Gasteiger partial charge >= 0.3 is 0 Å². The minimum Gasteiger partial charge on any atom is -0.381 e. The molecule has 0 heterocycles. The fraction of sp³-hybridized carbons (Fsp3) is 0.167. The number of nitrogens with zero attached hydrogens (tertiary/aromatic N) is 1. The van der Waals surface area contributed by atoms with Crippen LogP contribution in [0.1, 0.15) is 34.8 Å². The molecule has 5 heteroatoms. The molecule has 0 aliphatic rings. The Kier molecular flexibility index (Phi) is 7.11. The van der Waals surface area contributed by atoms with Crippen LogP contribution in [-0.4, -0.2) is 11.6 Å². The Morgan fingerprint density at radius 3 is 2.24 bits per heavy atom. The summed E-state index contributed by atoms with van der Waals surface area (Å²) >= 11 is 0. The topological polar surface area (TPSA) is 53.5 Å².